The highest BCUT2D eigenvalue weighted by Gasteiger charge is 2.27. The molecule has 1 aliphatic rings. The number of nitrogens with zero attached hydrogens (tertiary/aromatic N) is 3. The van der Waals surface area contributed by atoms with Gasteiger partial charge in [0, 0.05) is 24.6 Å². The predicted molar refractivity (Wildman–Crippen MR) is 49.1 cm³/mol. The molecule has 2 unspecified atom stereocenters. The zero-order valence-corrected chi connectivity index (χ0v) is 7.76. The van der Waals surface area contributed by atoms with Gasteiger partial charge in [-0.3, -0.25) is 0 Å². The van der Waals surface area contributed by atoms with Crippen LogP contribution in [0.15, 0.2) is 18.7 Å². The van der Waals surface area contributed by atoms with Gasteiger partial charge in [-0.15, -0.1) is 0 Å². The zero-order chi connectivity index (χ0) is 9.80. The quantitative estimate of drug-likeness (QED) is 0.671. The second-order valence-corrected chi connectivity index (χ2v) is 3.34. The lowest BCUT2D eigenvalue weighted by atomic mass is 9.92. The van der Waals surface area contributed by atoms with Crippen LogP contribution >= 0.6 is 0 Å². The van der Waals surface area contributed by atoms with Gasteiger partial charge < -0.3 is 4.74 Å². The summed E-state index contributed by atoms with van der Waals surface area (Å²) >= 11 is 0. The summed E-state index contributed by atoms with van der Waals surface area (Å²) in [7, 11) is 0. The third kappa shape index (κ3) is 1.73. The molecule has 4 heteroatoms. The molecule has 0 spiro atoms. The van der Waals surface area contributed by atoms with E-state index in [4.69, 9.17) is 10.00 Å². The molecule has 0 amide bonds. The van der Waals surface area contributed by atoms with Gasteiger partial charge in [0.25, 0.3) is 0 Å². The third-order valence-corrected chi connectivity index (χ3v) is 2.40. The summed E-state index contributed by atoms with van der Waals surface area (Å²) < 4.78 is 5.56. The molecule has 0 N–H and O–H groups in total. The smallest absolute Gasteiger partial charge is 0.115 e. The maximum absolute atomic E-state index is 8.95. The summed E-state index contributed by atoms with van der Waals surface area (Å²) in [5, 5.41) is 8.95. The van der Waals surface area contributed by atoms with Crippen LogP contribution in [0.25, 0.3) is 0 Å². The van der Waals surface area contributed by atoms with Gasteiger partial charge in [0.05, 0.1) is 12.0 Å². The first-order valence-corrected chi connectivity index (χ1v) is 4.68. The largest absolute Gasteiger partial charge is 0.372 e. The molecule has 72 valence electrons. The van der Waals surface area contributed by atoms with Gasteiger partial charge in [0.15, 0.2) is 0 Å². The van der Waals surface area contributed by atoms with Gasteiger partial charge in [0.1, 0.15) is 12.4 Å². The maximum Gasteiger partial charge on any atom is 0.115 e. The predicted octanol–water partition coefficient (Wildman–Crippen LogP) is 1.47. The van der Waals surface area contributed by atoms with Crippen LogP contribution in [0.2, 0.25) is 0 Å². The Morgan fingerprint density at radius 2 is 2.21 bits per heavy atom. The third-order valence-electron chi connectivity index (χ3n) is 2.40. The van der Waals surface area contributed by atoms with Gasteiger partial charge >= 0.3 is 0 Å². The minimum atomic E-state index is -0.144. The highest BCUT2D eigenvalue weighted by atomic mass is 16.5. The fourth-order valence-electron chi connectivity index (χ4n) is 1.70. The molecule has 1 saturated heterocycles. The topological polar surface area (TPSA) is 58.8 Å². The Labute approximate surface area is 82.6 Å². The standard InChI is InChI=1S/C10H11N3O/c11-4-8-2-1-3-14-10(8)9-5-12-7-13-6-9/h5-8,10H,1-3H2. The molecule has 2 atom stereocenters. The first-order valence-electron chi connectivity index (χ1n) is 4.68. The first kappa shape index (κ1) is 9.10. The van der Waals surface area contributed by atoms with Crippen LogP contribution in [0.1, 0.15) is 24.5 Å². The molecule has 1 fully saturated rings. The Hall–Kier alpha value is -1.47. The van der Waals surface area contributed by atoms with Crippen LogP contribution < -0.4 is 0 Å². The molecule has 1 aromatic rings. The number of hydrogen-bond acceptors (Lipinski definition) is 4. The molecule has 1 aromatic heterocycles. The second kappa shape index (κ2) is 4.16. The number of ether oxygens (including phenoxy) is 1. The van der Waals surface area contributed by atoms with E-state index in [1.165, 1.54) is 6.33 Å². The molecular formula is C10H11N3O. The van der Waals surface area contributed by atoms with E-state index in [9.17, 15) is 0 Å². The molecule has 0 aliphatic carbocycles. The molecule has 0 aromatic carbocycles. The van der Waals surface area contributed by atoms with Crippen LogP contribution in [0.5, 0.6) is 0 Å². The van der Waals surface area contributed by atoms with Crippen LogP contribution in [0, 0.1) is 17.2 Å². The highest BCUT2D eigenvalue weighted by molar-refractivity contribution is 5.12. The summed E-state index contributed by atoms with van der Waals surface area (Å²) in [5.74, 6) is -0.0604. The van der Waals surface area contributed by atoms with Crippen molar-refractivity contribution in [3.05, 3.63) is 24.3 Å². The minimum absolute atomic E-state index is 0.0604. The monoisotopic (exact) mass is 189 g/mol. The van der Waals surface area contributed by atoms with Crippen molar-refractivity contribution >= 4 is 0 Å². The molecule has 2 rings (SSSR count). The minimum Gasteiger partial charge on any atom is -0.372 e. The van der Waals surface area contributed by atoms with Crippen molar-refractivity contribution in [2.45, 2.75) is 18.9 Å². The second-order valence-electron chi connectivity index (χ2n) is 3.34. The molecule has 1 aliphatic heterocycles. The Balaban J connectivity index is 2.20. The first-order chi connectivity index (χ1) is 6.92. The Morgan fingerprint density at radius 3 is 2.93 bits per heavy atom. The van der Waals surface area contributed by atoms with Crippen molar-refractivity contribution in [2.75, 3.05) is 6.61 Å². The van der Waals surface area contributed by atoms with Crippen molar-refractivity contribution in [1.29, 1.82) is 5.26 Å². The Kier molecular flexibility index (Phi) is 2.70. The van der Waals surface area contributed by atoms with Crippen molar-refractivity contribution < 1.29 is 4.74 Å². The number of nitriles is 1. The highest BCUT2D eigenvalue weighted by Crippen LogP contribution is 2.32. The Morgan fingerprint density at radius 1 is 1.43 bits per heavy atom. The van der Waals surface area contributed by atoms with Crippen molar-refractivity contribution in [3.63, 3.8) is 0 Å². The van der Waals surface area contributed by atoms with E-state index in [0.29, 0.717) is 0 Å². The van der Waals surface area contributed by atoms with Crippen molar-refractivity contribution in [2.24, 2.45) is 5.92 Å². The zero-order valence-electron chi connectivity index (χ0n) is 7.76. The van der Waals surface area contributed by atoms with Gasteiger partial charge in [-0.05, 0) is 12.8 Å². The lowest BCUT2D eigenvalue weighted by Crippen LogP contribution is -2.21. The molecule has 14 heavy (non-hydrogen) atoms. The summed E-state index contributed by atoms with van der Waals surface area (Å²) in [6.07, 6.45) is 6.63. The Bertz CT molecular complexity index is 333. The SMILES string of the molecule is N#CC1CCCOC1c1cncnc1. The normalized spacial score (nSPS) is 26.8. The summed E-state index contributed by atoms with van der Waals surface area (Å²) in [6, 6.07) is 2.27. The van der Waals surface area contributed by atoms with Crippen molar-refractivity contribution in [3.8, 4) is 6.07 Å². The van der Waals surface area contributed by atoms with Crippen LogP contribution in [-0.2, 0) is 4.74 Å². The molecule has 0 radical (unpaired) electrons. The fourth-order valence-corrected chi connectivity index (χ4v) is 1.70. The summed E-state index contributed by atoms with van der Waals surface area (Å²) in [5.41, 5.74) is 0.902. The van der Waals surface area contributed by atoms with Gasteiger partial charge in [0.2, 0.25) is 0 Å². The van der Waals surface area contributed by atoms with Crippen LogP contribution in [-0.4, -0.2) is 16.6 Å². The summed E-state index contributed by atoms with van der Waals surface area (Å²) in [4.78, 5) is 7.86. The number of aromatic nitrogens is 2. The van der Waals surface area contributed by atoms with Crippen LogP contribution in [0.3, 0.4) is 0 Å². The maximum atomic E-state index is 8.95. The molecule has 0 bridgehead atoms. The van der Waals surface area contributed by atoms with Gasteiger partial charge in [-0.1, -0.05) is 0 Å². The van der Waals surface area contributed by atoms with Crippen LogP contribution in [0.4, 0.5) is 0 Å². The number of rotatable bonds is 1. The summed E-state index contributed by atoms with van der Waals surface area (Å²) in [6.45, 7) is 0.720. The van der Waals surface area contributed by atoms with E-state index in [0.717, 1.165) is 25.0 Å². The van der Waals surface area contributed by atoms with Crippen molar-refractivity contribution in [1.82, 2.24) is 9.97 Å². The van der Waals surface area contributed by atoms with Gasteiger partial charge in [-0.25, -0.2) is 9.97 Å². The lowest BCUT2D eigenvalue weighted by Gasteiger charge is -2.26. The van der Waals surface area contributed by atoms with E-state index < -0.39 is 0 Å². The lowest BCUT2D eigenvalue weighted by molar-refractivity contribution is -0.0105. The molecular weight excluding hydrogens is 178 g/mol. The fraction of sp³-hybridized carbons (Fsp3) is 0.500. The van der Waals surface area contributed by atoms with E-state index in [1.807, 2.05) is 0 Å². The van der Waals surface area contributed by atoms with E-state index >= 15 is 0 Å². The number of hydrogen-bond donors (Lipinski definition) is 0. The molecule has 0 saturated carbocycles. The van der Waals surface area contributed by atoms with E-state index in [1.54, 1.807) is 12.4 Å². The van der Waals surface area contributed by atoms with E-state index in [2.05, 4.69) is 16.0 Å². The molecule has 2 heterocycles. The molecule has 4 nitrogen and oxygen atoms in total. The average Bonchev–Trinajstić information content (AvgIpc) is 2.30. The van der Waals surface area contributed by atoms with E-state index in [-0.39, 0.29) is 12.0 Å². The van der Waals surface area contributed by atoms with Gasteiger partial charge in [-0.2, -0.15) is 5.26 Å². The average molecular weight is 189 g/mol.